The maximum atomic E-state index is 7.28. The number of para-hydroxylation sites is 2. The normalized spacial score (nSPS) is 13.3. The molecule has 1 radical (unpaired) electrons. The molecule has 6 aromatic carbocycles. The van der Waals surface area contributed by atoms with E-state index < -0.39 is 27.0 Å². The maximum absolute atomic E-state index is 7.28. The van der Waals surface area contributed by atoms with Gasteiger partial charge in [-0.05, 0) is 18.1 Å². The largest absolute Gasteiger partial charge is 0.304 e. The molecule has 0 unspecified atom stereocenters. The molecule has 0 saturated heterocycles. The van der Waals surface area contributed by atoms with E-state index in [4.69, 9.17) is 17.6 Å². The summed E-state index contributed by atoms with van der Waals surface area (Å²) < 4.78 is 53.4. The van der Waals surface area contributed by atoms with Crippen molar-refractivity contribution < 1.29 is 32.7 Å². The van der Waals surface area contributed by atoms with Crippen LogP contribution in [-0.4, -0.2) is 27.8 Å². The van der Waals surface area contributed by atoms with Crippen molar-refractivity contribution >= 4 is 39.7 Å². The molecule has 0 saturated carbocycles. The van der Waals surface area contributed by atoms with Gasteiger partial charge in [0.05, 0.1) is 0 Å². The summed E-state index contributed by atoms with van der Waals surface area (Å²) in [5.74, 6) is 8.10. The number of imidazole rings is 1. The smallest absolute Gasteiger partial charge is 0.0280 e. The average molecular weight is 973 g/mol. The van der Waals surface area contributed by atoms with E-state index in [1.54, 1.807) is 12.1 Å². The number of furan rings is 1. The molecule has 4 nitrogen and oxygen atoms in total. The molecular weight excluding hydrogens is 923 g/mol. The molecule has 3 aromatic heterocycles. The Bertz CT molecular complexity index is 2860. The molecule has 0 spiro atoms. The Morgan fingerprint density at radius 1 is 0.696 bits per heavy atom. The Balaban J connectivity index is 0.000000233. The topological polar surface area (TPSA) is 43.9 Å². The number of hydrogen-bond acceptors (Lipinski definition) is 3. The van der Waals surface area contributed by atoms with Crippen molar-refractivity contribution in [3.63, 3.8) is 0 Å². The molecule has 0 atom stereocenters. The first-order valence-corrected chi connectivity index (χ1v) is 25.6. The van der Waals surface area contributed by atoms with Gasteiger partial charge >= 0.3 is 244 Å². The Morgan fingerprint density at radius 3 is 1.96 bits per heavy atom. The summed E-state index contributed by atoms with van der Waals surface area (Å²) in [6, 6.07) is 51.4. The fraction of sp³-hybridized carbons (Fsp3) is 0.120. The van der Waals surface area contributed by atoms with Gasteiger partial charge in [0.15, 0.2) is 0 Å². The average Bonchev–Trinajstić information content (AvgIpc) is 3.85. The van der Waals surface area contributed by atoms with Gasteiger partial charge in [-0.1, -0.05) is 19.0 Å². The minimum Gasteiger partial charge on any atom is -0.304 e. The summed E-state index contributed by atoms with van der Waals surface area (Å²) in [5.41, 5.74) is 12.2. The van der Waals surface area contributed by atoms with Crippen molar-refractivity contribution in [1.29, 1.82) is 0 Å². The Kier molecular flexibility index (Phi) is 9.33. The van der Waals surface area contributed by atoms with Gasteiger partial charge < -0.3 is 4.98 Å². The van der Waals surface area contributed by atoms with E-state index in [1.807, 2.05) is 0 Å². The predicted molar refractivity (Wildman–Crippen MR) is 232 cm³/mol. The molecule has 9 rings (SSSR count). The molecule has 56 heavy (non-hydrogen) atoms. The van der Waals surface area contributed by atoms with Crippen molar-refractivity contribution in [3.8, 4) is 50.6 Å². The Morgan fingerprint density at radius 2 is 1.36 bits per heavy atom. The molecule has 0 aliphatic heterocycles. The zero-order valence-corrected chi connectivity index (χ0v) is 36.0. The Labute approximate surface area is 354 Å². The van der Waals surface area contributed by atoms with Gasteiger partial charge in [0.25, 0.3) is 0 Å². The standard InChI is InChI=1S/C37H31GeN2O.C13H12N.Ir/c1-25-21-29(26-13-7-5-8-14-26)36(30(22-25)27-15-9-6-10-16-27)40-34-18-12-11-17-33(34)39-37(40)32-24-41-35-20-19-28(23-31(32)35)38(2,3)4;1-10-3-6-12(7-4-10)13-8-5-11(2)9-14-13;/h5-23H,1-4H3;3-6,8-9H,1-2H3;/q2*-1;/i;1D3,2D3;. The van der Waals surface area contributed by atoms with Gasteiger partial charge in [-0.25, -0.2) is 0 Å². The van der Waals surface area contributed by atoms with Crippen molar-refractivity contribution in [2.45, 2.75) is 37.9 Å². The first kappa shape index (κ1) is 31.8. The number of benzene rings is 6. The molecule has 0 amide bonds. The van der Waals surface area contributed by atoms with Crippen molar-refractivity contribution in [2.75, 3.05) is 0 Å². The molecular formula is C50H43GeIrN3O-2. The van der Waals surface area contributed by atoms with Crippen molar-refractivity contribution in [1.82, 2.24) is 14.5 Å². The number of hydrogen-bond donors (Lipinski definition) is 0. The van der Waals surface area contributed by atoms with E-state index in [9.17, 15) is 0 Å². The summed E-state index contributed by atoms with van der Waals surface area (Å²) in [7, 11) is 0. The Hall–Kier alpha value is -5.33. The number of nitrogens with zero attached hydrogens (tertiary/aromatic N) is 3. The zero-order chi connectivity index (χ0) is 43.1. The van der Waals surface area contributed by atoms with E-state index in [0.29, 0.717) is 11.3 Å². The van der Waals surface area contributed by atoms with Gasteiger partial charge in [0, 0.05) is 34.5 Å². The maximum Gasteiger partial charge on any atom is 0.0280 e. The van der Waals surface area contributed by atoms with Gasteiger partial charge in [0.1, 0.15) is 0 Å². The second-order valence-electron chi connectivity index (χ2n) is 14.7. The third-order valence-corrected chi connectivity index (χ3v) is 13.9. The summed E-state index contributed by atoms with van der Waals surface area (Å²) in [6.07, 6.45) is 4.57. The van der Waals surface area contributed by atoms with Crippen LogP contribution in [0.25, 0.3) is 72.6 Å². The van der Waals surface area contributed by atoms with E-state index in [2.05, 4.69) is 161 Å². The second-order valence-corrected chi connectivity index (χ2v) is 25.3. The van der Waals surface area contributed by atoms with Crippen molar-refractivity contribution in [3.05, 3.63) is 181 Å². The zero-order valence-electron chi connectivity index (χ0n) is 37.5. The third-order valence-electron chi connectivity index (χ3n) is 9.66. The number of fused-ring (bicyclic) bond motifs is 2. The molecule has 0 fully saturated rings. The number of rotatable bonds is 6. The summed E-state index contributed by atoms with van der Waals surface area (Å²) in [6.45, 7) is -2.17. The molecule has 0 aliphatic rings. The summed E-state index contributed by atoms with van der Waals surface area (Å²) in [4.78, 5) is 9.33. The molecule has 0 aliphatic carbocycles. The molecule has 6 heteroatoms. The van der Waals surface area contributed by atoms with Crippen LogP contribution >= 0.6 is 0 Å². The third kappa shape index (κ3) is 7.99. The van der Waals surface area contributed by atoms with Crippen LogP contribution in [0.2, 0.25) is 17.3 Å². The number of aromatic nitrogens is 3. The minimum atomic E-state index is -2.18. The van der Waals surface area contributed by atoms with Crippen LogP contribution in [-0.2, 0) is 20.1 Å². The SMILES string of the molecule is Cc1cc(-c2ccccc2)c(-n2c(-c3[c-]oc4cc[c]([Ge]([CH3])([CH3])[CH3])cc34)nc3ccccc32)c(-c2ccccc2)c1.[2H]C([2H])([2H])c1c[c-]c(-c2ccc(C([2H])([2H])[2H])cn2)cc1.[Ir]. The van der Waals surface area contributed by atoms with Crippen molar-refractivity contribution in [2.24, 2.45) is 0 Å². The fourth-order valence-corrected chi connectivity index (χ4v) is 9.30. The van der Waals surface area contributed by atoms with Gasteiger partial charge in [0.2, 0.25) is 0 Å². The van der Waals surface area contributed by atoms with Crippen LogP contribution in [0.4, 0.5) is 0 Å². The predicted octanol–water partition coefficient (Wildman–Crippen LogP) is 12.6. The first-order valence-electron chi connectivity index (χ1n) is 21.2. The van der Waals surface area contributed by atoms with Gasteiger partial charge in [-0.15, -0.1) is 35.4 Å². The first-order chi connectivity index (χ1) is 29.1. The monoisotopic (exact) mass is 974 g/mol. The second kappa shape index (κ2) is 16.4. The molecule has 0 bridgehead atoms. The van der Waals surface area contributed by atoms with Crippen LogP contribution in [0.15, 0.2) is 156 Å². The van der Waals surface area contributed by atoms with E-state index >= 15 is 0 Å². The minimum absolute atomic E-state index is 0. The van der Waals surface area contributed by atoms with Crippen LogP contribution in [0, 0.1) is 33.0 Å². The van der Waals surface area contributed by atoms with Gasteiger partial charge in [-0.2, -0.15) is 0 Å². The molecule has 279 valence electrons. The molecule has 9 aromatic rings. The molecule has 3 heterocycles. The summed E-state index contributed by atoms with van der Waals surface area (Å²) in [5, 5.41) is 1.06. The van der Waals surface area contributed by atoms with E-state index in [-0.39, 0.29) is 31.2 Å². The van der Waals surface area contributed by atoms with Crippen LogP contribution < -0.4 is 4.40 Å². The molecule has 0 N–H and O–H groups in total. The fourth-order valence-electron chi connectivity index (χ4n) is 6.86. The number of aryl methyl sites for hydroxylation is 3. The van der Waals surface area contributed by atoms with E-state index in [0.717, 1.165) is 61.3 Å². The summed E-state index contributed by atoms with van der Waals surface area (Å²) >= 11 is -2.10. The van der Waals surface area contributed by atoms with Crippen LogP contribution in [0.5, 0.6) is 0 Å². The van der Waals surface area contributed by atoms with Crippen LogP contribution in [0.3, 0.4) is 0 Å². The quantitative estimate of drug-likeness (QED) is 0.123. The van der Waals surface area contributed by atoms with E-state index in [1.165, 1.54) is 34.4 Å². The number of pyridine rings is 1. The van der Waals surface area contributed by atoms with Crippen LogP contribution in [0.1, 0.15) is 24.9 Å². The van der Waals surface area contributed by atoms with Gasteiger partial charge in [-0.3, -0.25) is 0 Å².